The minimum atomic E-state index is 0.956. The Bertz CT molecular complexity index is 666. The van der Waals surface area contributed by atoms with E-state index in [0.717, 1.165) is 16.9 Å². The van der Waals surface area contributed by atoms with Crippen molar-refractivity contribution in [1.82, 2.24) is 0 Å². The Morgan fingerprint density at radius 3 is 3.06 bits per heavy atom. The number of rotatable bonds is 1. The molecule has 0 aliphatic carbocycles. The Morgan fingerprint density at radius 2 is 2.17 bits per heavy atom. The zero-order valence-corrected chi connectivity index (χ0v) is 11.1. The lowest BCUT2D eigenvalue weighted by Crippen LogP contribution is -1.86. The van der Waals surface area contributed by atoms with Gasteiger partial charge < -0.3 is 0 Å². The molecule has 0 saturated heterocycles. The van der Waals surface area contributed by atoms with Crippen molar-refractivity contribution >= 4 is 34.8 Å². The fraction of sp³-hybridized carbons (Fsp3) is 0.0714. The fourth-order valence-electron chi connectivity index (χ4n) is 2.00. The predicted molar refractivity (Wildman–Crippen MR) is 75.5 cm³/mol. The van der Waals surface area contributed by atoms with Gasteiger partial charge in [0.05, 0.1) is 0 Å². The van der Waals surface area contributed by atoms with Crippen LogP contribution in [0, 0.1) is 0 Å². The minimum Gasteiger partial charge on any atom is -0.211 e. The molecule has 2 aromatic rings. The second-order valence-corrected chi connectivity index (χ2v) is 5.76. The Balaban J connectivity index is 2.26. The molecule has 0 saturated carbocycles. The molecular weight excluding hydrogens is 262 g/mol. The first-order chi connectivity index (χ1) is 8.90. The molecular formula is C14H9NOS2. The van der Waals surface area contributed by atoms with Gasteiger partial charge in [0, 0.05) is 27.3 Å². The number of benzene rings is 1. The summed E-state index contributed by atoms with van der Waals surface area (Å²) in [5.74, 6) is 0.956. The van der Waals surface area contributed by atoms with Crippen LogP contribution in [0.1, 0.15) is 16.0 Å². The van der Waals surface area contributed by atoms with E-state index in [2.05, 4.69) is 28.6 Å². The summed E-state index contributed by atoms with van der Waals surface area (Å²) in [4.78, 5) is 16.4. The van der Waals surface area contributed by atoms with Gasteiger partial charge in [-0.05, 0) is 28.6 Å². The molecule has 0 radical (unpaired) electrons. The molecule has 3 rings (SSSR count). The predicted octanol–water partition coefficient (Wildman–Crippen LogP) is 4.08. The van der Waals surface area contributed by atoms with E-state index in [9.17, 15) is 4.79 Å². The van der Waals surface area contributed by atoms with Crippen molar-refractivity contribution in [2.24, 2.45) is 4.99 Å². The highest BCUT2D eigenvalue weighted by atomic mass is 32.2. The van der Waals surface area contributed by atoms with Crippen LogP contribution in [0.25, 0.3) is 5.57 Å². The molecule has 0 N–H and O–H groups in total. The molecule has 18 heavy (non-hydrogen) atoms. The van der Waals surface area contributed by atoms with E-state index in [1.807, 2.05) is 23.9 Å². The number of nitrogens with zero attached hydrogens (tertiary/aromatic N) is 1. The van der Waals surface area contributed by atoms with Gasteiger partial charge in [-0.1, -0.05) is 18.2 Å². The minimum absolute atomic E-state index is 0.956. The first-order valence-electron chi connectivity index (χ1n) is 5.46. The average molecular weight is 271 g/mol. The molecule has 2 heterocycles. The molecule has 0 atom stereocenters. The van der Waals surface area contributed by atoms with Gasteiger partial charge in [0.25, 0.3) is 0 Å². The van der Waals surface area contributed by atoms with Crippen LogP contribution in [0.15, 0.2) is 51.8 Å². The quantitative estimate of drug-likeness (QED) is 0.578. The van der Waals surface area contributed by atoms with Gasteiger partial charge >= 0.3 is 0 Å². The summed E-state index contributed by atoms with van der Waals surface area (Å²) >= 11 is 3.51. The van der Waals surface area contributed by atoms with Gasteiger partial charge in [-0.2, -0.15) is 4.99 Å². The van der Waals surface area contributed by atoms with Crippen LogP contribution in [-0.2, 0) is 10.5 Å². The maximum absolute atomic E-state index is 10.4. The lowest BCUT2D eigenvalue weighted by atomic mass is 10.0. The third kappa shape index (κ3) is 1.95. The van der Waals surface area contributed by atoms with E-state index >= 15 is 0 Å². The molecule has 2 nitrogen and oxygen atoms in total. The lowest BCUT2D eigenvalue weighted by molar-refractivity contribution is 0.565. The standard InChI is InChI=1S/C14H9NOS2/c16-9-15-7-12-11-3-1-2-4-13(11)18-8-10-5-6-17-14(10)12/h1-7H,8H2/b12-7+. The summed E-state index contributed by atoms with van der Waals surface area (Å²) in [6.45, 7) is 0. The number of thiophene rings is 1. The van der Waals surface area contributed by atoms with Crippen LogP contribution in [0.4, 0.5) is 0 Å². The number of thioether (sulfide) groups is 1. The molecule has 0 amide bonds. The highest BCUT2D eigenvalue weighted by Crippen LogP contribution is 2.42. The number of hydrogen-bond acceptors (Lipinski definition) is 4. The summed E-state index contributed by atoms with van der Waals surface area (Å²) in [5, 5.41) is 2.08. The van der Waals surface area contributed by atoms with Crippen molar-refractivity contribution < 1.29 is 4.79 Å². The number of hydrogen-bond donors (Lipinski definition) is 0. The first-order valence-corrected chi connectivity index (χ1v) is 7.33. The Hall–Kier alpha value is -1.61. The van der Waals surface area contributed by atoms with Crippen molar-refractivity contribution in [1.29, 1.82) is 0 Å². The molecule has 88 valence electrons. The van der Waals surface area contributed by atoms with Crippen molar-refractivity contribution in [3.8, 4) is 0 Å². The van der Waals surface area contributed by atoms with Gasteiger partial charge in [-0.3, -0.25) is 0 Å². The number of carbonyl (C=O) groups excluding carboxylic acids is 1. The van der Waals surface area contributed by atoms with E-state index in [0.29, 0.717) is 0 Å². The van der Waals surface area contributed by atoms with Gasteiger partial charge in [-0.25, -0.2) is 4.79 Å². The zero-order chi connectivity index (χ0) is 12.4. The smallest absolute Gasteiger partial charge is 0.211 e. The third-order valence-electron chi connectivity index (χ3n) is 2.80. The Labute approximate surface area is 113 Å². The number of fused-ring (bicyclic) bond motifs is 2. The Kier molecular flexibility index (Phi) is 3.15. The Morgan fingerprint density at radius 1 is 1.28 bits per heavy atom. The zero-order valence-electron chi connectivity index (χ0n) is 9.42. The van der Waals surface area contributed by atoms with Crippen LogP contribution in [0.2, 0.25) is 0 Å². The molecule has 1 aromatic carbocycles. The summed E-state index contributed by atoms with van der Waals surface area (Å²) < 4.78 is 0. The first kappa shape index (κ1) is 11.5. The van der Waals surface area contributed by atoms with Crippen molar-refractivity contribution in [3.05, 3.63) is 57.9 Å². The maximum atomic E-state index is 10.4. The molecule has 1 aromatic heterocycles. The highest BCUT2D eigenvalue weighted by Gasteiger charge is 2.19. The van der Waals surface area contributed by atoms with Crippen LogP contribution < -0.4 is 0 Å². The van der Waals surface area contributed by atoms with E-state index in [-0.39, 0.29) is 0 Å². The molecule has 0 spiro atoms. The van der Waals surface area contributed by atoms with E-state index in [4.69, 9.17) is 0 Å². The average Bonchev–Trinajstić information content (AvgIpc) is 2.81. The molecule has 4 heteroatoms. The summed E-state index contributed by atoms with van der Waals surface area (Å²) in [6.07, 6.45) is 3.20. The van der Waals surface area contributed by atoms with E-state index in [1.165, 1.54) is 15.3 Å². The van der Waals surface area contributed by atoms with Crippen LogP contribution >= 0.6 is 23.1 Å². The topological polar surface area (TPSA) is 29.4 Å². The van der Waals surface area contributed by atoms with Gasteiger partial charge in [-0.15, -0.1) is 23.1 Å². The molecule has 0 fully saturated rings. The molecule has 1 aliphatic rings. The molecule has 0 bridgehead atoms. The maximum Gasteiger partial charge on any atom is 0.239 e. The van der Waals surface area contributed by atoms with Gasteiger partial charge in [0.2, 0.25) is 6.08 Å². The largest absolute Gasteiger partial charge is 0.239 e. The summed E-state index contributed by atoms with van der Waals surface area (Å²) in [6, 6.07) is 10.4. The van der Waals surface area contributed by atoms with Crippen LogP contribution in [0.3, 0.4) is 0 Å². The van der Waals surface area contributed by atoms with E-state index in [1.54, 1.807) is 23.6 Å². The fourth-order valence-corrected chi connectivity index (χ4v) is 4.10. The molecule has 1 aliphatic heterocycles. The number of aliphatic imine (C=N–C) groups is 1. The van der Waals surface area contributed by atoms with Crippen molar-refractivity contribution in [3.63, 3.8) is 0 Å². The monoisotopic (exact) mass is 271 g/mol. The van der Waals surface area contributed by atoms with Crippen LogP contribution in [-0.4, -0.2) is 6.08 Å². The second-order valence-electron chi connectivity index (χ2n) is 3.82. The highest BCUT2D eigenvalue weighted by molar-refractivity contribution is 7.98. The van der Waals surface area contributed by atoms with Crippen molar-refractivity contribution in [2.75, 3.05) is 0 Å². The normalized spacial score (nSPS) is 15.4. The third-order valence-corrected chi connectivity index (χ3v) is 4.91. The van der Waals surface area contributed by atoms with E-state index < -0.39 is 0 Å². The SMILES string of the molecule is O=C=N/C=C1\c2ccccc2SCc2ccsc21. The second kappa shape index (κ2) is 4.94. The van der Waals surface area contributed by atoms with Gasteiger partial charge in [0.15, 0.2) is 0 Å². The number of isocyanates is 1. The van der Waals surface area contributed by atoms with Crippen molar-refractivity contribution in [2.45, 2.75) is 10.6 Å². The summed E-state index contributed by atoms with van der Waals surface area (Å²) in [5.41, 5.74) is 3.46. The van der Waals surface area contributed by atoms with Gasteiger partial charge in [0.1, 0.15) is 0 Å². The lowest BCUT2D eigenvalue weighted by Gasteiger charge is -2.06. The molecule has 0 unspecified atom stereocenters. The summed E-state index contributed by atoms with van der Waals surface area (Å²) in [7, 11) is 0. The van der Waals surface area contributed by atoms with Crippen LogP contribution in [0.5, 0.6) is 0 Å².